The van der Waals surface area contributed by atoms with Gasteiger partial charge in [-0.2, -0.15) is 0 Å². The Morgan fingerprint density at radius 3 is 2.33 bits per heavy atom. The number of aliphatic carboxylic acids is 1. The molecule has 5 heteroatoms. The van der Waals surface area contributed by atoms with Crippen molar-refractivity contribution in [1.82, 2.24) is 4.90 Å². The highest BCUT2D eigenvalue weighted by Gasteiger charge is 2.32. The molecule has 0 saturated carbocycles. The lowest BCUT2D eigenvalue weighted by atomic mass is 9.93. The Balaban J connectivity index is 1.96. The number of hydrogen-bond donors (Lipinski definition) is 0. The summed E-state index contributed by atoms with van der Waals surface area (Å²) in [4.78, 5) is 18.2. The average Bonchev–Trinajstić information content (AvgIpc) is 2.68. The van der Waals surface area contributed by atoms with Crippen LogP contribution in [-0.4, -0.2) is 23.2 Å². The van der Waals surface area contributed by atoms with E-state index in [9.17, 15) is 9.90 Å². The third-order valence-corrected chi connectivity index (χ3v) is 5.03. The summed E-state index contributed by atoms with van der Waals surface area (Å²) in [7, 11) is 0. The lowest BCUT2D eigenvalue weighted by molar-refractivity contribution is -0.305. The van der Waals surface area contributed by atoms with Gasteiger partial charge >= 0.3 is 0 Å². The highest BCUT2D eigenvalue weighted by molar-refractivity contribution is 9.10. The molecule has 0 bridgehead atoms. The smallest absolute Gasteiger partial charge is 0.137 e. The van der Waals surface area contributed by atoms with Gasteiger partial charge in [-0.3, -0.25) is 0 Å². The van der Waals surface area contributed by atoms with E-state index in [-0.39, 0.29) is 12.6 Å². The molecule has 0 unspecified atom stereocenters. The fourth-order valence-electron chi connectivity index (χ4n) is 3.43. The summed E-state index contributed by atoms with van der Waals surface area (Å²) in [5, 5.41) is 11.6. The highest BCUT2D eigenvalue weighted by Crippen LogP contribution is 2.41. The molecule has 0 saturated heterocycles. The zero-order valence-corrected chi connectivity index (χ0v) is 16.0. The first-order valence-corrected chi connectivity index (χ1v) is 9.38. The molecule has 134 valence electrons. The number of rotatable bonds is 4. The molecule has 3 aromatic rings. The Labute approximate surface area is 165 Å². The predicted octanol–water partition coefficient (Wildman–Crippen LogP) is 3.68. The van der Waals surface area contributed by atoms with Gasteiger partial charge in [0.25, 0.3) is 0 Å². The standard InChI is InChI=1S/C22H17BrN2O2/c23-17-11-12-19-18(13-17)21(15-7-3-1-4-8-15)25(14-20(26)27)22(24-19)16-9-5-2-6-10-16/h1-13,21H,14H2,(H,26,27)/p-1/t21-/m0/s1. The first kappa shape index (κ1) is 17.5. The molecule has 1 aliphatic rings. The van der Waals surface area contributed by atoms with Crippen LogP contribution in [0.2, 0.25) is 0 Å². The summed E-state index contributed by atoms with van der Waals surface area (Å²) in [5.74, 6) is -0.513. The summed E-state index contributed by atoms with van der Waals surface area (Å²) >= 11 is 3.53. The number of nitrogens with zero attached hydrogens (tertiary/aromatic N) is 2. The molecule has 1 aliphatic heterocycles. The molecule has 0 fully saturated rings. The van der Waals surface area contributed by atoms with Crippen molar-refractivity contribution >= 4 is 33.4 Å². The molecule has 0 N–H and O–H groups in total. The first-order chi connectivity index (χ1) is 13.1. The number of carbonyl (C=O) groups excluding carboxylic acids is 1. The summed E-state index contributed by atoms with van der Waals surface area (Å²) in [6.07, 6.45) is 0. The maximum atomic E-state index is 11.6. The van der Waals surface area contributed by atoms with Crippen LogP contribution in [0, 0.1) is 0 Å². The lowest BCUT2D eigenvalue weighted by Crippen LogP contribution is -2.45. The number of fused-ring (bicyclic) bond motifs is 1. The summed E-state index contributed by atoms with van der Waals surface area (Å²) in [6, 6.07) is 25.1. The molecule has 0 aliphatic carbocycles. The van der Waals surface area contributed by atoms with Crippen molar-refractivity contribution in [1.29, 1.82) is 0 Å². The number of aliphatic imine (C=N–C) groups is 1. The van der Waals surface area contributed by atoms with Crippen LogP contribution in [0.1, 0.15) is 22.7 Å². The Morgan fingerprint density at radius 1 is 1.00 bits per heavy atom. The molecule has 4 nitrogen and oxygen atoms in total. The van der Waals surface area contributed by atoms with Gasteiger partial charge in [-0.15, -0.1) is 0 Å². The van der Waals surface area contributed by atoms with Gasteiger partial charge in [0.2, 0.25) is 0 Å². The van der Waals surface area contributed by atoms with E-state index in [2.05, 4.69) is 15.9 Å². The Bertz CT molecular complexity index is 1000. The first-order valence-electron chi connectivity index (χ1n) is 8.58. The Morgan fingerprint density at radius 2 is 1.67 bits per heavy atom. The zero-order chi connectivity index (χ0) is 18.8. The van der Waals surface area contributed by atoms with Crippen LogP contribution in [0.15, 0.2) is 88.3 Å². The largest absolute Gasteiger partial charge is 0.548 e. The van der Waals surface area contributed by atoms with Crippen LogP contribution < -0.4 is 5.11 Å². The van der Waals surface area contributed by atoms with Gasteiger partial charge in [-0.25, -0.2) is 4.99 Å². The Kier molecular flexibility index (Phi) is 4.77. The summed E-state index contributed by atoms with van der Waals surface area (Å²) < 4.78 is 0.925. The minimum absolute atomic E-state index is 0.251. The van der Waals surface area contributed by atoms with Crippen molar-refractivity contribution in [2.24, 2.45) is 4.99 Å². The van der Waals surface area contributed by atoms with Crippen molar-refractivity contribution in [3.8, 4) is 0 Å². The van der Waals surface area contributed by atoms with Gasteiger partial charge in [-0.1, -0.05) is 76.6 Å². The zero-order valence-electron chi connectivity index (χ0n) is 14.4. The van der Waals surface area contributed by atoms with Crippen LogP contribution in [0.25, 0.3) is 0 Å². The van der Waals surface area contributed by atoms with Gasteiger partial charge in [0.05, 0.1) is 24.2 Å². The van der Waals surface area contributed by atoms with Crippen LogP contribution in [0.4, 0.5) is 5.69 Å². The van der Waals surface area contributed by atoms with Crippen molar-refractivity contribution in [2.45, 2.75) is 6.04 Å². The third kappa shape index (κ3) is 3.51. The number of carboxylic acid groups (broad SMARTS) is 1. The van der Waals surface area contributed by atoms with E-state index in [4.69, 9.17) is 4.99 Å². The molecule has 1 atom stereocenters. The SMILES string of the molecule is O=C([O-])CN1C(c2ccccc2)=Nc2ccc(Br)cc2[C@@H]1c1ccccc1. The molecular formula is C22H16BrN2O2-. The molecule has 0 radical (unpaired) electrons. The van der Waals surface area contributed by atoms with Gasteiger partial charge in [0.1, 0.15) is 5.84 Å². The van der Waals surface area contributed by atoms with E-state index < -0.39 is 5.97 Å². The molecule has 0 amide bonds. The van der Waals surface area contributed by atoms with Crippen LogP contribution in [0.3, 0.4) is 0 Å². The highest BCUT2D eigenvalue weighted by atomic mass is 79.9. The predicted molar refractivity (Wildman–Crippen MR) is 107 cm³/mol. The van der Waals surface area contributed by atoms with Crippen LogP contribution in [-0.2, 0) is 4.79 Å². The van der Waals surface area contributed by atoms with E-state index in [1.807, 2.05) is 78.9 Å². The minimum atomic E-state index is -1.14. The third-order valence-electron chi connectivity index (χ3n) is 4.54. The lowest BCUT2D eigenvalue weighted by Gasteiger charge is -2.39. The average molecular weight is 420 g/mol. The molecule has 3 aromatic carbocycles. The fourth-order valence-corrected chi connectivity index (χ4v) is 3.81. The van der Waals surface area contributed by atoms with E-state index in [1.54, 1.807) is 4.90 Å². The topological polar surface area (TPSA) is 55.7 Å². The van der Waals surface area contributed by atoms with Crippen molar-refractivity contribution in [3.05, 3.63) is 100 Å². The van der Waals surface area contributed by atoms with E-state index in [0.29, 0.717) is 5.84 Å². The van der Waals surface area contributed by atoms with E-state index >= 15 is 0 Å². The van der Waals surface area contributed by atoms with Gasteiger partial charge in [0, 0.05) is 15.6 Å². The minimum Gasteiger partial charge on any atom is -0.548 e. The molecule has 4 rings (SSSR count). The van der Waals surface area contributed by atoms with E-state index in [1.165, 1.54) is 0 Å². The quantitative estimate of drug-likeness (QED) is 0.647. The number of halogens is 1. The molecule has 1 heterocycles. The maximum Gasteiger partial charge on any atom is 0.137 e. The monoisotopic (exact) mass is 419 g/mol. The van der Waals surface area contributed by atoms with Crippen molar-refractivity contribution in [3.63, 3.8) is 0 Å². The molecule has 0 spiro atoms. The maximum absolute atomic E-state index is 11.6. The normalized spacial score (nSPS) is 15.8. The Hall–Kier alpha value is -2.92. The molecule has 27 heavy (non-hydrogen) atoms. The fraction of sp³-hybridized carbons (Fsp3) is 0.0909. The van der Waals surface area contributed by atoms with Gasteiger partial charge < -0.3 is 14.8 Å². The van der Waals surface area contributed by atoms with Crippen molar-refractivity contribution < 1.29 is 9.90 Å². The molecular weight excluding hydrogens is 404 g/mol. The number of amidine groups is 1. The number of hydrogen-bond acceptors (Lipinski definition) is 4. The van der Waals surface area contributed by atoms with E-state index in [0.717, 1.165) is 26.9 Å². The van der Waals surface area contributed by atoms with Crippen molar-refractivity contribution in [2.75, 3.05) is 6.54 Å². The number of carbonyl (C=O) groups is 1. The summed E-state index contributed by atoms with van der Waals surface area (Å²) in [5.41, 5.74) is 3.66. The second-order valence-corrected chi connectivity index (χ2v) is 7.23. The summed E-state index contributed by atoms with van der Waals surface area (Å²) in [6.45, 7) is -0.251. The van der Waals surface area contributed by atoms with Gasteiger partial charge in [0.15, 0.2) is 0 Å². The number of benzene rings is 3. The van der Waals surface area contributed by atoms with Crippen LogP contribution in [0.5, 0.6) is 0 Å². The number of carboxylic acids is 1. The second kappa shape index (κ2) is 7.37. The molecule has 0 aromatic heterocycles. The van der Waals surface area contributed by atoms with Crippen LogP contribution >= 0.6 is 15.9 Å². The second-order valence-electron chi connectivity index (χ2n) is 6.32. The van der Waals surface area contributed by atoms with Gasteiger partial charge in [-0.05, 0) is 23.8 Å².